The van der Waals surface area contributed by atoms with Crippen molar-refractivity contribution in [2.45, 2.75) is 65.1 Å². The molecular weight excluding hydrogens is 512 g/mol. The molecule has 0 bridgehead atoms. The van der Waals surface area contributed by atoms with Crippen molar-refractivity contribution < 1.29 is 18.6 Å². The summed E-state index contributed by atoms with van der Waals surface area (Å²) in [5, 5.41) is 1.90. The second-order valence-corrected chi connectivity index (χ2v) is 12.9. The molecule has 0 saturated carbocycles. The standard InChI is InChI=1S/C36H36O5/c1-21-19-25(34(2,3)4)29(38-8)31-27(21)28-24(33(37)39-31)20-26(35(5,6)7)30-32(28)41-36(40-30,22-15-11-9-12-16-22)23-17-13-10-14-18-23/h9-20H,1-8H3. The lowest BCUT2D eigenvalue weighted by Crippen LogP contribution is -2.37. The number of hydrogen-bond donors (Lipinski definition) is 0. The Balaban J connectivity index is 1.79. The lowest BCUT2D eigenvalue weighted by atomic mass is 9.82. The number of ether oxygens (including phenoxy) is 3. The number of aryl methyl sites for hydroxylation is 1. The molecule has 5 aromatic rings. The highest BCUT2D eigenvalue weighted by Crippen LogP contribution is 2.56. The average molecular weight is 549 g/mol. The minimum Gasteiger partial charge on any atom is -0.493 e. The van der Waals surface area contributed by atoms with Gasteiger partial charge in [-0.15, -0.1) is 0 Å². The van der Waals surface area contributed by atoms with E-state index in [0.29, 0.717) is 33.6 Å². The third kappa shape index (κ3) is 4.09. The Kier molecular flexibility index (Phi) is 6.00. The van der Waals surface area contributed by atoms with Crippen LogP contribution in [0.2, 0.25) is 0 Å². The molecule has 5 heteroatoms. The Hall–Kier alpha value is -4.25. The monoisotopic (exact) mass is 548 g/mol. The van der Waals surface area contributed by atoms with Crippen LogP contribution in [-0.4, -0.2) is 7.11 Å². The van der Waals surface area contributed by atoms with Gasteiger partial charge in [0, 0.05) is 33.0 Å². The topological polar surface area (TPSA) is 57.9 Å². The maximum Gasteiger partial charge on any atom is 0.344 e. The van der Waals surface area contributed by atoms with Gasteiger partial charge in [-0.05, 0) is 29.4 Å². The molecule has 0 fully saturated rings. The minimum atomic E-state index is -1.25. The maximum absolute atomic E-state index is 13.8. The van der Waals surface area contributed by atoms with E-state index < -0.39 is 11.4 Å². The van der Waals surface area contributed by atoms with Gasteiger partial charge >= 0.3 is 11.4 Å². The van der Waals surface area contributed by atoms with Gasteiger partial charge in [0.1, 0.15) is 0 Å². The summed E-state index contributed by atoms with van der Waals surface area (Å²) < 4.78 is 26.1. The first kappa shape index (κ1) is 26.9. The Morgan fingerprint density at radius 1 is 0.707 bits per heavy atom. The van der Waals surface area contributed by atoms with Crippen LogP contribution in [0.4, 0.5) is 0 Å². The van der Waals surface area contributed by atoms with Gasteiger partial charge in [-0.1, -0.05) is 108 Å². The van der Waals surface area contributed by atoms with E-state index in [9.17, 15) is 4.79 Å². The molecule has 0 saturated heterocycles. The summed E-state index contributed by atoms with van der Waals surface area (Å²) in [6, 6.07) is 23.9. The number of hydrogen-bond acceptors (Lipinski definition) is 5. The molecule has 0 unspecified atom stereocenters. The van der Waals surface area contributed by atoms with Crippen LogP contribution in [0, 0.1) is 6.92 Å². The molecule has 0 N–H and O–H groups in total. The summed E-state index contributed by atoms with van der Waals surface area (Å²) in [6.07, 6.45) is 0. The molecule has 5 nitrogen and oxygen atoms in total. The molecule has 6 rings (SSSR count). The summed E-state index contributed by atoms with van der Waals surface area (Å²) in [4.78, 5) is 13.8. The van der Waals surface area contributed by atoms with Crippen molar-refractivity contribution >= 4 is 21.7 Å². The van der Waals surface area contributed by atoms with Crippen LogP contribution in [0.3, 0.4) is 0 Å². The molecule has 1 aliphatic rings. The van der Waals surface area contributed by atoms with E-state index in [0.717, 1.165) is 33.2 Å². The zero-order valence-corrected chi connectivity index (χ0v) is 25.0. The minimum absolute atomic E-state index is 0.231. The second kappa shape index (κ2) is 9.13. The molecule has 1 aliphatic heterocycles. The van der Waals surface area contributed by atoms with Gasteiger partial charge in [0.15, 0.2) is 22.8 Å². The van der Waals surface area contributed by atoms with E-state index in [-0.39, 0.29) is 10.8 Å². The third-order valence-electron chi connectivity index (χ3n) is 7.95. The molecule has 210 valence electrons. The largest absolute Gasteiger partial charge is 0.493 e. The number of fused-ring (bicyclic) bond motifs is 5. The second-order valence-electron chi connectivity index (χ2n) is 12.9. The van der Waals surface area contributed by atoms with Crippen LogP contribution >= 0.6 is 0 Å². The van der Waals surface area contributed by atoms with Crippen molar-refractivity contribution in [1.29, 1.82) is 0 Å². The van der Waals surface area contributed by atoms with Crippen molar-refractivity contribution in [2.75, 3.05) is 7.11 Å². The molecule has 1 aromatic heterocycles. The maximum atomic E-state index is 13.8. The zero-order valence-electron chi connectivity index (χ0n) is 25.0. The fourth-order valence-corrected chi connectivity index (χ4v) is 5.92. The summed E-state index contributed by atoms with van der Waals surface area (Å²) in [5.41, 5.74) is 3.91. The van der Waals surface area contributed by atoms with E-state index in [4.69, 9.17) is 18.6 Å². The van der Waals surface area contributed by atoms with Gasteiger partial charge in [0.05, 0.1) is 12.5 Å². The van der Waals surface area contributed by atoms with Gasteiger partial charge in [-0.25, -0.2) is 4.79 Å². The van der Waals surface area contributed by atoms with Crippen LogP contribution < -0.4 is 19.8 Å². The highest BCUT2D eigenvalue weighted by Gasteiger charge is 2.48. The highest BCUT2D eigenvalue weighted by molar-refractivity contribution is 6.12. The first-order valence-electron chi connectivity index (χ1n) is 14.0. The fraction of sp³-hybridized carbons (Fsp3) is 0.306. The van der Waals surface area contributed by atoms with Gasteiger partial charge < -0.3 is 18.6 Å². The highest BCUT2D eigenvalue weighted by atomic mass is 16.7. The van der Waals surface area contributed by atoms with Gasteiger partial charge in [-0.3, -0.25) is 0 Å². The van der Waals surface area contributed by atoms with Gasteiger partial charge in [0.25, 0.3) is 0 Å². The summed E-state index contributed by atoms with van der Waals surface area (Å²) in [7, 11) is 1.62. The molecule has 41 heavy (non-hydrogen) atoms. The Bertz CT molecular complexity index is 1810. The van der Waals surface area contributed by atoms with Crippen molar-refractivity contribution in [3.63, 3.8) is 0 Å². The van der Waals surface area contributed by atoms with Gasteiger partial charge in [0.2, 0.25) is 0 Å². The van der Waals surface area contributed by atoms with Crippen LogP contribution in [0.1, 0.15) is 69.4 Å². The molecule has 0 spiro atoms. The molecule has 0 amide bonds. The van der Waals surface area contributed by atoms with Crippen molar-refractivity contribution in [2.24, 2.45) is 0 Å². The molecule has 0 atom stereocenters. The summed E-state index contributed by atoms with van der Waals surface area (Å²) in [5.74, 6) is 0.474. The number of methoxy groups -OCH3 is 1. The third-order valence-corrected chi connectivity index (χ3v) is 7.95. The van der Waals surface area contributed by atoms with E-state index in [2.05, 4.69) is 47.6 Å². The number of rotatable bonds is 3. The van der Waals surface area contributed by atoms with Gasteiger partial charge in [-0.2, -0.15) is 0 Å². The Labute approximate surface area is 240 Å². The first-order chi connectivity index (χ1) is 19.4. The predicted octanol–water partition coefficient (Wildman–Crippen LogP) is 8.53. The zero-order chi connectivity index (χ0) is 29.3. The Morgan fingerprint density at radius 3 is 1.76 bits per heavy atom. The Morgan fingerprint density at radius 2 is 1.24 bits per heavy atom. The predicted molar refractivity (Wildman–Crippen MR) is 164 cm³/mol. The van der Waals surface area contributed by atoms with E-state index in [1.807, 2.05) is 73.7 Å². The summed E-state index contributed by atoms with van der Waals surface area (Å²) in [6.45, 7) is 14.7. The fourth-order valence-electron chi connectivity index (χ4n) is 5.92. The smallest absolute Gasteiger partial charge is 0.344 e. The summed E-state index contributed by atoms with van der Waals surface area (Å²) >= 11 is 0. The lowest BCUT2D eigenvalue weighted by Gasteiger charge is -2.29. The molecule has 4 aromatic carbocycles. The van der Waals surface area contributed by atoms with E-state index >= 15 is 0 Å². The van der Waals surface area contributed by atoms with Crippen LogP contribution in [-0.2, 0) is 16.6 Å². The van der Waals surface area contributed by atoms with Crippen LogP contribution in [0.15, 0.2) is 82.0 Å². The normalized spacial score (nSPS) is 14.5. The molecular formula is C36H36O5. The van der Waals surface area contributed by atoms with Crippen LogP contribution in [0.5, 0.6) is 17.2 Å². The molecule has 2 heterocycles. The SMILES string of the molecule is COc1c(C(C)(C)C)cc(C)c2c1oc(=O)c1cc(C(C)(C)C)c3c(c12)OC(c1ccccc1)(c1ccccc1)O3. The van der Waals surface area contributed by atoms with Crippen molar-refractivity contribution in [1.82, 2.24) is 0 Å². The van der Waals surface area contributed by atoms with Crippen molar-refractivity contribution in [3.05, 3.63) is 111 Å². The number of benzene rings is 4. The van der Waals surface area contributed by atoms with E-state index in [1.165, 1.54) is 0 Å². The lowest BCUT2D eigenvalue weighted by molar-refractivity contribution is -0.0459. The van der Waals surface area contributed by atoms with Crippen LogP contribution in [0.25, 0.3) is 21.7 Å². The quantitative estimate of drug-likeness (QED) is 0.167. The molecule has 0 aliphatic carbocycles. The molecule has 0 radical (unpaired) electrons. The average Bonchev–Trinajstić information content (AvgIpc) is 3.34. The van der Waals surface area contributed by atoms with Crippen molar-refractivity contribution in [3.8, 4) is 17.2 Å². The first-order valence-corrected chi connectivity index (χ1v) is 14.0. The van der Waals surface area contributed by atoms with E-state index in [1.54, 1.807) is 7.11 Å².